The van der Waals surface area contributed by atoms with Gasteiger partial charge >= 0.3 is 0 Å². The Morgan fingerprint density at radius 3 is 2.37 bits per heavy atom. The number of rotatable bonds is 5. The predicted molar refractivity (Wildman–Crippen MR) is 117 cm³/mol. The zero-order chi connectivity index (χ0) is 21.1. The van der Waals surface area contributed by atoms with Crippen molar-refractivity contribution in [3.63, 3.8) is 0 Å². The molecule has 4 rings (SSSR count). The number of nitrogens with one attached hydrogen (secondary N) is 1. The lowest BCUT2D eigenvalue weighted by Gasteiger charge is -2.28. The number of morpholine rings is 1. The van der Waals surface area contributed by atoms with E-state index in [-0.39, 0.29) is 11.3 Å². The van der Waals surface area contributed by atoms with Crippen LogP contribution in [0.5, 0.6) is 0 Å². The Morgan fingerprint density at radius 2 is 1.67 bits per heavy atom. The van der Waals surface area contributed by atoms with Gasteiger partial charge in [-0.3, -0.25) is 14.9 Å². The number of nitro groups is 1. The smallest absolute Gasteiger partial charge is 0.293 e. The molecule has 158 valence electrons. The Balaban J connectivity index is 1.60. The van der Waals surface area contributed by atoms with Gasteiger partial charge in [0.1, 0.15) is 5.69 Å². The summed E-state index contributed by atoms with van der Waals surface area (Å²) in [6.45, 7) is 4.04. The summed E-state index contributed by atoms with van der Waals surface area (Å²) in [7, 11) is 0. The number of halogens is 1. The molecule has 0 radical (unpaired) electrons. The molecular formula is C21H23ClN4O4. The summed E-state index contributed by atoms with van der Waals surface area (Å²) in [6.07, 6.45) is 2.20. The second-order valence-corrected chi connectivity index (χ2v) is 7.81. The number of carbonyl (C=O) groups is 1. The highest BCUT2D eigenvalue weighted by atomic mass is 35.5. The average Bonchev–Trinajstić information content (AvgIpc) is 3.28. The van der Waals surface area contributed by atoms with Gasteiger partial charge in [-0.2, -0.15) is 0 Å². The van der Waals surface area contributed by atoms with Gasteiger partial charge < -0.3 is 19.9 Å². The number of nitrogens with zero attached hydrogens (tertiary/aromatic N) is 3. The highest BCUT2D eigenvalue weighted by molar-refractivity contribution is 6.31. The first-order chi connectivity index (χ1) is 14.5. The van der Waals surface area contributed by atoms with Gasteiger partial charge in [0.15, 0.2) is 0 Å². The normalized spacial score (nSPS) is 16.6. The number of amides is 1. The molecule has 2 heterocycles. The van der Waals surface area contributed by atoms with Gasteiger partial charge in [-0.05, 0) is 43.2 Å². The van der Waals surface area contributed by atoms with E-state index in [1.54, 1.807) is 24.3 Å². The van der Waals surface area contributed by atoms with E-state index in [0.29, 0.717) is 42.7 Å². The molecule has 0 atom stereocenters. The molecule has 0 unspecified atom stereocenters. The zero-order valence-electron chi connectivity index (χ0n) is 16.5. The fourth-order valence-corrected chi connectivity index (χ4v) is 4.09. The minimum Gasteiger partial charge on any atom is -0.378 e. The Kier molecular flexibility index (Phi) is 6.06. The second kappa shape index (κ2) is 8.89. The summed E-state index contributed by atoms with van der Waals surface area (Å²) in [6, 6.07) is 9.99. The zero-order valence-corrected chi connectivity index (χ0v) is 17.2. The quantitative estimate of drug-likeness (QED) is 0.571. The molecule has 2 aliphatic heterocycles. The monoisotopic (exact) mass is 430 g/mol. The van der Waals surface area contributed by atoms with Crippen molar-refractivity contribution in [1.82, 2.24) is 0 Å². The van der Waals surface area contributed by atoms with E-state index in [0.717, 1.165) is 31.6 Å². The fourth-order valence-electron chi connectivity index (χ4n) is 3.92. The van der Waals surface area contributed by atoms with Crippen molar-refractivity contribution in [2.24, 2.45) is 0 Å². The van der Waals surface area contributed by atoms with Gasteiger partial charge in [-0.25, -0.2) is 0 Å². The maximum absolute atomic E-state index is 12.9. The molecule has 1 N–H and O–H groups in total. The van der Waals surface area contributed by atoms with Crippen molar-refractivity contribution >= 4 is 40.3 Å². The Hall–Kier alpha value is -2.84. The number of nitro benzene ring substituents is 1. The van der Waals surface area contributed by atoms with Crippen molar-refractivity contribution in [2.45, 2.75) is 12.8 Å². The maximum Gasteiger partial charge on any atom is 0.293 e. The van der Waals surface area contributed by atoms with Crippen LogP contribution >= 0.6 is 11.6 Å². The second-order valence-electron chi connectivity index (χ2n) is 7.37. The van der Waals surface area contributed by atoms with Crippen LogP contribution in [-0.2, 0) is 4.74 Å². The lowest BCUT2D eigenvalue weighted by molar-refractivity contribution is -0.384. The summed E-state index contributed by atoms with van der Waals surface area (Å²) < 4.78 is 5.32. The van der Waals surface area contributed by atoms with Gasteiger partial charge in [-0.1, -0.05) is 11.6 Å². The summed E-state index contributed by atoms with van der Waals surface area (Å²) in [5.74, 6) is -0.408. The molecule has 2 aromatic carbocycles. The number of benzene rings is 2. The largest absolute Gasteiger partial charge is 0.378 e. The molecule has 2 aliphatic rings. The Labute approximate surface area is 179 Å². The standard InChI is InChI=1S/C21H23ClN4O4/c22-16-4-6-18(24-7-1-2-8-24)17(14-16)23-21(27)15-3-5-19(20(13-15)26(28)29)25-9-11-30-12-10-25/h3-6,13-14H,1-2,7-12H2,(H,23,27). The molecule has 0 spiro atoms. The van der Waals surface area contributed by atoms with Crippen LogP contribution in [0.3, 0.4) is 0 Å². The number of carbonyl (C=O) groups excluding carboxylic acids is 1. The van der Waals surface area contributed by atoms with Crippen LogP contribution in [0, 0.1) is 10.1 Å². The molecule has 0 aliphatic carbocycles. The minimum absolute atomic E-state index is 0.0876. The van der Waals surface area contributed by atoms with Gasteiger partial charge in [-0.15, -0.1) is 0 Å². The lowest BCUT2D eigenvalue weighted by atomic mass is 10.1. The van der Waals surface area contributed by atoms with E-state index < -0.39 is 10.8 Å². The molecular weight excluding hydrogens is 408 g/mol. The van der Waals surface area contributed by atoms with Crippen LogP contribution in [0.2, 0.25) is 5.02 Å². The number of hydrogen-bond donors (Lipinski definition) is 1. The van der Waals surface area contributed by atoms with Crippen LogP contribution in [0.4, 0.5) is 22.7 Å². The van der Waals surface area contributed by atoms with Crippen molar-refractivity contribution in [3.8, 4) is 0 Å². The Bertz CT molecular complexity index is 956. The molecule has 9 heteroatoms. The molecule has 8 nitrogen and oxygen atoms in total. The van der Waals surface area contributed by atoms with Crippen LogP contribution in [-0.4, -0.2) is 50.2 Å². The summed E-state index contributed by atoms with van der Waals surface area (Å²) in [5, 5.41) is 15.1. The van der Waals surface area contributed by atoms with Crippen molar-refractivity contribution in [2.75, 3.05) is 54.5 Å². The van der Waals surface area contributed by atoms with Crippen molar-refractivity contribution in [1.29, 1.82) is 0 Å². The molecule has 0 aromatic heterocycles. The van der Waals surface area contributed by atoms with Gasteiger partial charge in [0.2, 0.25) is 0 Å². The van der Waals surface area contributed by atoms with Crippen molar-refractivity contribution in [3.05, 3.63) is 57.1 Å². The summed E-state index contributed by atoms with van der Waals surface area (Å²) in [5.41, 5.74) is 2.15. The molecule has 2 saturated heterocycles. The summed E-state index contributed by atoms with van der Waals surface area (Å²) >= 11 is 6.15. The van der Waals surface area contributed by atoms with Gasteiger partial charge in [0, 0.05) is 42.8 Å². The maximum atomic E-state index is 12.9. The first-order valence-corrected chi connectivity index (χ1v) is 10.4. The predicted octanol–water partition coefficient (Wildman–Crippen LogP) is 3.94. The summed E-state index contributed by atoms with van der Waals surface area (Å²) in [4.78, 5) is 28.3. The molecule has 0 bridgehead atoms. The van der Waals surface area contributed by atoms with Crippen molar-refractivity contribution < 1.29 is 14.5 Å². The third-order valence-corrected chi connectivity index (χ3v) is 5.67. The Morgan fingerprint density at radius 1 is 1.00 bits per heavy atom. The molecule has 2 fully saturated rings. The molecule has 30 heavy (non-hydrogen) atoms. The lowest BCUT2D eigenvalue weighted by Crippen LogP contribution is -2.36. The third kappa shape index (κ3) is 4.34. The highest BCUT2D eigenvalue weighted by Crippen LogP contribution is 2.33. The van der Waals surface area contributed by atoms with E-state index in [9.17, 15) is 14.9 Å². The van der Waals surface area contributed by atoms with E-state index in [1.807, 2.05) is 11.0 Å². The van der Waals surface area contributed by atoms with Crippen LogP contribution < -0.4 is 15.1 Å². The average molecular weight is 431 g/mol. The van der Waals surface area contributed by atoms with E-state index >= 15 is 0 Å². The van der Waals surface area contributed by atoms with Gasteiger partial charge in [0.05, 0.1) is 29.5 Å². The minimum atomic E-state index is -0.448. The molecule has 0 saturated carbocycles. The van der Waals surface area contributed by atoms with Crippen LogP contribution in [0.25, 0.3) is 0 Å². The SMILES string of the molecule is O=C(Nc1cc(Cl)ccc1N1CCCC1)c1ccc(N2CCOCC2)c([N+](=O)[O-])c1. The number of hydrogen-bond acceptors (Lipinski definition) is 6. The third-order valence-electron chi connectivity index (χ3n) is 5.44. The first-order valence-electron chi connectivity index (χ1n) is 10.00. The van der Waals surface area contributed by atoms with Gasteiger partial charge in [0.25, 0.3) is 11.6 Å². The van der Waals surface area contributed by atoms with Crippen LogP contribution in [0.1, 0.15) is 23.2 Å². The number of anilines is 3. The van der Waals surface area contributed by atoms with E-state index in [4.69, 9.17) is 16.3 Å². The van der Waals surface area contributed by atoms with Crippen LogP contribution in [0.15, 0.2) is 36.4 Å². The first kappa shape index (κ1) is 20.4. The fraction of sp³-hybridized carbons (Fsp3) is 0.381. The van der Waals surface area contributed by atoms with E-state index in [2.05, 4.69) is 10.2 Å². The topological polar surface area (TPSA) is 88.0 Å². The highest BCUT2D eigenvalue weighted by Gasteiger charge is 2.24. The van der Waals surface area contributed by atoms with E-state index in [1.165, 1.54) is 6.07 Å². The number of ether oxygens (including phenoxy) is 1. The molecule has 1 amide bonds. The molecule has 2 aromatic rings.